The Morgan fingerprint density at radius 1 is 1.23 bits per heavy atom. The molecule has 0 radical (unpaired) electrons. The third-order valence-corrected chi connectivity index (χ3v) is 6.60. The van der Waals surface area contributed by atoms with Crippen molar-refractivity contribution in [2.75, 3.05) is 26.2 Å². The van der Waals surface area contributed by atoms with Crippen molar-refractivity contribution in [3.8, 4) is 0 Å². The van der Waals surface area contributed by atoms with Crippen LogP contribution >= 0.6 is 15.9 Å². The lowest BCUT2D eigenvalue weighted by Gasteiger charge is -2.33. The molecule has 0 amide bonds. The largest absolute Gasteiger partial charge is 0.357 e. The summed E-state index contributed by atoms with van der Waals surface area (Å²) >= 11 is 3.61. The molecule has 0 aromatic heterocycles. The van der Waals surface area contributed by atoms with E-state index in [9.17, 15) is 0 Å². The molecular weight excluding hydrogens is 388 g/mol. The summed E-state index contributed by atoms with van der Waals surface area (Å²) in [6, 6.07) is 10.2. The summed E-state index contributed by atoms with van der Waals surface area (Å²) < 4.78 is 1.16. The molecular formula is C21H31BrN4. The number of nitrogens with one attached hydrogen (secondary N) is 2. The summed E-state index contributed by atoms with van der Waals surface area (Å²) in [5, 5.41) is 7.16. The number of guanidine groups is 1. The molecule has 142 valence electrons. The zero-order valence-electron chi connectivity index (χ0n) is 15.8. The summed E-state index contributed by atoms with van der Waals surface area (Å²) in [4.78, 5) is 7.66. The third-order valence-electron chi connectivity index (χ3n) is 6.11. The number of likely N-dealkylation sites (tertiary alicyclic amines) is 1. The molecule has 4 nitrogen and oxygen atoms in total. The van der Waals surface area contributed by atoms with Crippen LogP contribution in [-0.2, 0) is 5.41 Å². The lowest BCUT2D eigenvalue weighted by atomic mass is 9.96. The molecule has 3 fully saturated rings. The molecule has 0 unspecified atom stereocenters. The predicted octanol–water partition coefficient (Wildman–Crippen LogP) is 3.66. The molecule has 0 atom stereocenters. The molecule has 1 aromatic carbocycles. The monoisotopic (exact) mass is 418 g/mol. The van der Waals surface area contributed by atoms with Gasteiger partial charge < -0.3 is 15.5 Å². The van der Waals surface area contributed by atoms with Crippen molar-refractivity contribution < 1.29 is 0 Å². The van der Waals surface area contributed by atoms with Crippen LogP contribution in [0.5, 0.6) is 0 Å². The van der Waals surface area contributed by atoms with E-state index < -0.39 is 0 Å². The lowest BCUT2D eigenvalue weighted by molar-refractivity contribution is 0.197. The molecule has 5 heteroatoms. The quantitative estimate of drug-likeness (QED) is 0.546. The molecule has 1 aliphatic heterocycles. The summed E-state index contributed by atoms with van der Waals surface area (Å²) in [6.07, 6.45) is 7.79. The van der Waals surface area contributed by atoms with E-state index in [1.54, 1.807) is 0 Å². The highest BCUT2D eigenvalue weighted by molar-refractivity contribution is 9.10. The van der Waals surface area contributed by atoms with Gasteiger partial charge >= 0.3 is 0 Å². The van der Waals surface area contributed by atoms with E-state index in [1.807, 2.05) is 0 Å². The lowest BCUT2D eigenvalue weighted by Crippen LogP contribution is -2.49. The number of hydrogen-bond donors (Lipinski definition) is 2. The van der Waals surface area contributed by atoms with Gasteiger partial charge in [-0.1, -0.05) is 28.1 Å². The van der Waals surface area contributed by atoms with Gasteiger partial charge in [0, 0.05) is 41.6 Å². The van der Waals surface area contributed by atoms with E-state index in [2.05, 4.69) is 62.7 Å². The normalized spacial score (nSPS) is 23.7. The van der Waals surface area contributed by atoms with E-state index >= 15 is 0 Å². The average molecular weight is 419 g/mol. The second kappa shape index (κ2) is 7.89. The van der Waals surface area contributed by atoms with Crippen LogP contribution in [0, 0.1) is 0 Å². The Morgan fingerprint density at radius 3 is 2.62 bits per heavy atom. The highest BCUT2D eigenvalue weighted by Crippen LogP contribution is 2.48. The first-order valence-electron chi connectivity index (χ1n) is 10.2. The fourth-order valence-corrected chi connectivity index (χ4v) is 4.50. The van der Waals surface area contributed by atoms with Crippen LogP contribution in [-0.4, -0.2) is 49.1 Å². The maximum absolute atomic E-state index is 4.98. The van der Waals surface area contributed by atoms with Gasteiger partial charge in [-0.25, -0.2) is 0 Å². The van der Waals surface area contributed by atoms with Crippen molar-refractivity contribution in [2.24, 2.45) is 4.99 Å². The third kappa shape index (κ3) is 4.42. The van der Waals surface area contributed by atoms with Gasteiger partial charge in [0.05, 0.1) is 6.54 Å². The van der Waals surface area contributed by atoms with Crippen molar-refractivity contribution in [1.29, 1.82) is 0 Å². The molecule has 2 N–H and O–H groups in total. The number of benzene rings is 1. The molecule has 2 saturated carbocycles. The minimum Gasteiger partial charge on any atom is -0.357 e. The highest BCUT2D eigenvalue weighted by Gasteiger charge is 2.44. The van der Waals surface area contributed by atoms with Crippen LogP contribution in [0.15, 0.2) is 33.7 Å². The zero-order valence-corrected chi connectivity index (χ0v) is 17.4. The van der Waals surface area contributed by atoms with Gasteiger partial charge in [-0.2, -0.15) is 0 Å². The van der Waals surface area contributed by atoms with Gasteiger partial charge in [0.1, 0.15) is 0 Å². The van der Waals surface area contributed by atoms with Gasteiger partial charge in [-0.15, -0.1) is 0 Å². The second-order valence-electron chi connectivity index (χ2n) is 8.17. The Hall–Kier alpha value is -1.07. The molecule has 1 aromatic rings. The van der Waals surface area contributed by atoms with Crippen molar-refractivity contribution in [3.05, 3.63) is 34.3 Å². The Balaban J connectivity index is 1.35. The Morgan fingerprint density at radius 2 is 2.00 bits per heavy atom. The SMILES string of the molecule is CCNC(=NCC1(c2cccc(Br)c2)CC1)NC1CCN(C2CC2)CC1. The number of nitrogens with zero attached hydrogens (tertiary/aromatic N) is 2. The molecule has 1 saturated heterocycles. The van der Waals surface area contributed by atoms with E-state index in [-0.39, 0.29) is 5.41 Å². The Bertz CT molecular complexity index is 643. The van der Waals surface area contributed by atoms with Crippen LogP contribution < -0.4 is 10.6 Å². The Kier molecular flexibility index (Phi) is 5.55. The molecule has 1 heterocycles. The summed E-state index contributed by atoms with van der Waals surface area (Å²) in [7, 11) is 0. The van der Waals surface area contributed by atoms with E-state index in [0.29, 0.717) is 6.04 Å². The summed E-state index contributed by atoms with van der Waals surface area (Å²) in [5.41, 5.74) is 1.67. The van der Waals surface area contributed by atoms with Gasteiger partial charge in [0.25, 0.3) is 0 Å². The molecule has 0 spiro atoms. The topological polar surface area (TPSA) is 39.7 Å². The highest BCUT2D eigenvalue weighted by atomic mass is 79.9. The first kappa shape index (κ1) is 18.3. The van der Waals surface area contributed by atoms with Crippen LogP contribution in [0.3, 0.4) is 0 Å². The second-order valence-corrected chi connectivity index (χ2v) is 9.09. The smallest absolute Gasteiger partial charge is 0.191 e. The number of hydrogen-bond acceptors (Lipinski definition) is 2. The maximum Gasteiger partial charge on any atom is 0.191 e. The van der Waals surface area contributed by atoms with Crippen LogP contribution in [0.4, 0.5) is 0 Å². The van der Waals surface area contributed by atoms with E-state index in [1.165, 1.54) is 57.2 Å². The van der Waals surface area contributed by atoms with Gasteiger partial charge in [0.2, 0.25) is 0 Å². The maximum atomic E-state index is 4.98. The first-order chi connectivity index (χ1) is 12.7. The fourth-order valence-electron chi connectivity index (χ4n) is 4.10. The van der Waals surface area contributed by atoms with E-state index in [0.717, 1.165) is 29.6 Å². The van der Waals surface area contributed by atoms with Gasteiger partial charge in [-0.05, 0) is 63.1 Å². The number of halogens is 1. The Labute approximate surface area is 166 Å². The van der Waals surface area contributed by atoms with Gasteiger partial charge in [0.15, 0.2) is 5.96 Å². The number of rotatable bonds is 6. The number of aliphatic imine (C=N–C) groups is 1. The average Bonchev–Trinajstić information content (AvgIpc) is 3.55. The first-order valence-corrected chi connectivity index (χ1v) is 11.0. The zero-order chi connectivity index (χ0) is 18.0. The standard InChI is InChI=1S/C21H31BrN4/c1-2-23-20(25-18-8-12-26(13-9-18)19-6-7-19)24-15-21(10-11-21)16-4-3-5-17(22)14-16/h3-5,14,18-19H,2,6-13,15H2,1H3,(H2,23,24,25). The van der Waals surface area contributed by atoms with Crippen LogP contribution in [0.1, 0.15) is 51.0 Å². The minimum atomic E-state index is 0.251. The van der Waals surface area contributed by atoms with E-state index in [4.69, 9.17) is 4.99 Å². The van der Waals surface area contributed by atoms with Crippen molar-refractivity contribution in [3.63, 3.8) is 0 Å². The van der Waals surface area contributed by atoms with Crippen molar-refractivity contribution in [1.82, 2.24) is 15.5 Å². The van der Waals surface area contributed by atoms with Crippen molar-refractivity contribution >= 4 is 21.9 Å². The van der Waals surface area contributed by atoms with Crippen molar-refractivity contribution in [2.45, 2.75) is 62.9 Å². The van der Waals surface area contributed by atoms with Crippen LogP contribution in [0.25, 0.3) is 0 Å². The minimum absolute atomic E-state index is 0.251. The fraction of sp³-hybridized carbons (Fsp3) is 0.667. The van der Waals surface area contributed by atoms with Gasteiger partial charge in [-0.3, -0.25) is 4.99 Å². The van der Waals surface area contributed by atoms with Crippen LogP contribution in [0.2, 0.25) is 0 Å². The molecule has 3 aliphatic rings. The number of piperidine rings is 1. The molecule has 4 rings (SSSR count). The molecule has 0 bridgehead atoms. The molecule has 26 heavy (non-hydrogen) atoms. The summed E-state index contributed by atoms with van der Waals surface area (Å²) in [5.74, 6) is 0.999. The predicted molar refractivity (Wildman–Crippen MR) is 112 cm³/mol. The summed E-state index contributed by atoms with van der Waals surface area (Å²) in [6.45, 7) is 6.41. The molecule has 2 aliphatic carbocycles.